The van der Waals surface area contributed by atoms with Gasteiger partial charge < -0.3 is 0 Å². The van der Waals surface area contributed by atoms with Gasteiger partial charge in [0.2, 0.25) is 0 Å². The van der Waals surface area contributed by atoms with Crippen LogP contribution in [0, 0.1) is 5.82 Å². The Morgan fingerprint density at radius 2 is 2.00 bits per heavy atom. The lowest BCUT2D eigenvalue weighted by Crippen LogP contribution is -1.90. The Morgan fingerprint density at radius 3 is 2.93 bits per heavy atom. The quantitative estimate of drug-likeness (QED) is 0.527. The molecule has 0 saturated heterocycles. The molecule has 2 heterocycles. The lowest BCUT2D eigenvalue weighted by molar-refractivity contribution is 0.643. The normalized spacial score (nSPS) is 11.2. The standard InChI is InChI=1S/C11H7FN2/c12-11-9-4-2-1-3-8(9)7-14-10(11)5-6-13-14/h1-7H. The fourth-order valence-corrected chi connectivity index (χ4v) is 1.67. The predicted molar refractivity (Wildman–Crippen MR) is 52.7 cm³/mol. The summed E-state index contributed by atoms with van der Waals surface area (Å²) in [6.45, 7) is 0. The van der Waals surface area contributed by atoms with Gasteiger partial charge in [-0.2, -0.15) is 5.10 Å². The van der Waals surface area contributed by atoms with Gasteiger partial charge in [-0.15, -0.1) is 0 Å². The molecule has 0 bridgehead atoms. The minimum atomic E-state index is -0.208. The molecule has 0 aliphatic heterocycles. The molecule has 0 saturated carbocycles. The van der Waals surface area contributed by atoms with Crippen molar-refractivity contribution in [3.63, 3.8) is 0 Å². The van der Waals surface area contributed by atoms with Crippen molar-refractivity contribution in [2.24, 2.45) is 0 Å². The molecule has 0 aliphatic rings. The summed E-state index contributed by atoms with van der Waals surface area (Å²) in [5, 5.41) is 5.51. The summed E-state index contributed by atoms with van der Waals surface area (Å²) in [6, 6.07) is 9.04. The summed E-state index contributed by atoms with van der Waals surface area (Å²) in [5.74, 6) is -0.208. The van der Waals surface area contributed by atoms with Gasteiger partial charge in [-0.3, -0.25) is 0 Å². The molecule has 1 aromatic carbocycles. The first-order valence-corrected chi connectivity index (χ1v) is 4.37. The van der Waals surface area contributed by atoms with Crippen molar-refractivity contribution in [2.45, 2.75) is 0 Å². The third-order valence-corrected chi connectivity index (χ3v) is 2.35. The van der Waals surface area contributed by atoms with Crippen molar-refractivity contribution in [1.82, 2.24) is 9.61 Å². The number of nitrogens with zero attached hydrogens (tertiary/aromatic N) is 2. The molecule has 2 nitrogen and oxygen atoms in total. The van der Waals surface area contributed by atoms with E-state index in [-0.39, 0.29) is 5.82 Å². The van der Waals surface area contributed by atoms with Crippen LogP contribution in [0.2, 0.25) is 0 Å². The molecule has 0 N–H and O–H groups in total. The first-order chi connectivity index (χ1) is 6.86. The van der Waals surface area contributed by atoms with E-state index in [1.807, 2.05) is 24.4 Å². The maximum absolute atomic E-state index is 13.8. The van der Waals surface area contributed by atoms with E-state index in [1.165, 1.54) is 0 Å². The van der Waals surface area contributed by atoms with Crippen molar-refractivity contribution in [3.8, 4) is 0 Å². The van der Waals surface area contributed by atoms with Gasteiger partial charge in [-0.1, -0.05) is 24.3 Å². The zero-order valence-corrected chi connectivity index (χ0v) is 7.31. The lowest BCUT2D eigenvalue weighted by atomic mass is 10.1. The van der Waals surface area contributed by atoms with E-state index in [0.717, 1.165) is 5.39 Å². The van der Waals surface area contributed by atoms with Gasteiger partial charge in [-0.25, -0.2) is 8.91 Å². The minimum absolute atomic E-state index is 0.208. The van der Waals surface area contributed by atoms with Gasteiger partial charge in [-0.05, 0) is 6.07 Å². The predicted octanol–water partition coefficient (Wildman–Crippen LogP) is 2.63. The van der Waals surface area contributed by atoms with Crippen LogP contribution in [0.15, 0.2) is 42.7 Å². The van der Waals surface area contributed by atoms with Gasteiger partial charge >= 0.3 is 0 Å². The highest BCUT2D eigenvalue weighted by Gasteiger charge is 2.06. The third-order valence-electron chi connectivity index (χ3n) is 2.35. The van der Waals surface area contributed by atoms with Crippen molar-refractivity contribution in [2.75, 3.05) is 0 Å². The number of pyridine rings is 1. The van der Waals surface area contributed by atoms with Gasteiger partial charge in [0.15, 0.2) is 5.82 Å². The second-order valence-electron chi connectivity index (χ2n) is 3.19. The maximum atomic E-state index is 13.8. The van der Waals surface area contributed by atoms with Crippen LogP contribution in [0.5, 0.6) is 0 Å². The van der Waals surface area contributed by atoms with E-state index in [1.54, 1.807) is 22.8 Å². The molecule has 0 spiro atoms. The van der Waals surface area contributed by atoms with E-state index < -0.39 is 0 Å². The highest BCUT2D eigenvalue weighted by atomic mass is 19.1. The molecule has 0 atom stereocenters. The summed E-state index contributed by atoms with van der Waals surface area (Å²) in [6.07, 6.45) is 3.42. The molecule has 14 heavy (non-hydrogen) atoms. The van der Waals surface area contributed by atoms with Gasteiger partial charge in [0.1, 0.15) is 5.52 Å². The Labute approximate surface area is 79.6 Å². The lowest BCUT2D eigenvalue weighted by Gasteiger charge is -2.01. The first kappa shape index (κ1) is 7.50. The molecule has 3 rings (SSSR count). The van der Waals surface area contributed by atoms with Gasteiger partial charge in [0, 0.05) is 17.0 Å². The fourth-order valence-electron chi connectivity index (χ4n) is 1.67. The van der Waals surface area contributed by atoms with Gasteiger partial charge in [0.05, 0.1) is 6.20 Å². The molecule has 0 unspecified atom stereocenters. The van der Waals surface area contributed by atoms with Crippen LogP contribution in [0.3, 0.4) is 0 Å². The summed E-state index contributed by atoms with van der Waals surface area (Å²) in [7, 11) is 0. The zero-order valence-electron chi connectivity index (χ0n) is 7.31. The molecule has 3 aromatic rings. The topological polar surface area (TPSA) is 17.3 Å². The zero-order chi connectivity index (χ0) is 9.54. The first-order valence-electron chi connectivity index (χ1n) is 4.37. The average Bonchev–Trinajstić information content (AvgIpc) is 2.66. The van der Waals surface area contributed by atoms with Crippen molar-refractivity contribution >= 4 is 16.3 Å². The number of halogens is 1. The highest BCUT2D eigenvalue weighted by molar-refractivity contribution is 5.86. The van der Waals surface area contributed by atoms with Crippen LogP contribution < -0.4 is 0 Å². The van der Waals surface area contributed by atoms with E-state index in [4.69, 9.17) is 0 Å². The largest absolute Gasteiger partial charge is 0.237 e. The highest BCUT2D eigenvalue weighted by Crippen LogP contribution is 2.20. The number of hydrogen-bond donors (Lipinski definition) is 0. The van der Waals surface area contributed by atoms with Crippen molar-refractivity contribution in [1.29, 1.82) is 0 Å². The molecular weight excluding hydrogens is 179 g/mol. The van der Waals surface area contributed by atoms with E-state index in [0.29, 0.717) is 10.9 Å². The maximum Gasteiger partial charge on any atom is 0.156 e. The van der Waals surface area contributed by atoms with E-state index >= 15 is 0 Å². The molecular formula is C11H7FN2. The van der Waals surface area contributed by atoms with Crippen molar-refractivity contribution < 1.29 is 4.39 Å². The third kappa shape index (κ3) is 0.865. The Hall–Kier alpha value is -1.90. The van der Waals surface area contributed by atoms with Gasteiger partial charge in [0.25, 0.3) is 0 Å². The Kier molecular flexibility index (Phi) is 1.36. The summed E-state index contributed by atoms with van der Waals surface area (Å²) >= 11 is 0. The second-order valence-corrected chi connectivity index (χ2v) is 3.19. The SMILES string of the molecule is Fc1c2ccccc2cn2nccc12. The summed E-state index contributed by atoms with van der Waals surface area (Å²) in [5.41, 5.74) is 0.517. The Morgan fingerprint density at radius 1 is 1.14 bits per heavy atom. The van der Waals surface area contributed by atoms with Crippen LogP contribution in [-0.2, 0) is 0 Å². The molecule has 0 fully saturated rings. The molecule has 2 aromatic heterocycles. The minimum Gasteiger partial charge on any atom is -0.237 e. The van der Waals surface area contributed by atoms with Crippen LogP contribution >= 0.6 is 0 Å². The van der Waals surface area contributed by atoms with E-state index in [9.17, 15) is 4.39 Å². The number of rotatable bonds is 0. The van der Waals surface area contributed by atoms with Crippen LogP contribution in [-0.4, -0.2) is 9.61 Å². The smallest absolute Gasteiger partial charge is 0.156 e. The summed E-state index contributed by atoms with van der Waals surface area (Å²) < 4.78 is 15.4. The van der Waals surface area contributed by atoms with Crippen molar-refractivity contribution in [3.05, 3.63) is 48.5 Å². The molecule has 0 aliphatic carbocycles. The van der Waals surface area contributed by atoms with Crippen LogP contribution in [0.1, 0.15) is 0 Å². The molecule has 3 heteroatoms. The summed E-state index contributed by atoms with van der Waals surface area (Å²) in [4.78, 5) is 0. The number of hydrogen-bond acceptors (Lipinski definition) is 1. The monoisotopic (exact) mass is 186 g/mol. The Bertz CT molecular complexity index is 613. The fraction of sp³-hybridized carbons (Fsp3) is 0. The average molecular weight is 186 g/mol. The number of aromatic nitrogens is 2. The van der Waals surface area contributed by atoms with Crippen LogP contribution in [0.4, 0.5) is 4.39 Å². The molecule has 68 valence electrons. The molecule has 0 amide bonds. The number of benzene rings is 1. The molecule has 0 radical (unpaired) electrons. The number of fused-ring (bicyclic) bond motifs is 2. The van der Waals surface area contributed by atoms with Crippen LogP contribution in [0.25, 0.3) is 16.3 Å². The Balaban J connectivity index is 2.63. The second kappa shape index (κ2) is 2.54. The van der Waals surface area contributed by atoms with E-state index in [2.05, 4.69) is 5.10 Å².